The lowest BCUT2D eigenvalue weighted by atomic mass is 10.1. The van der Waals surface area contributed by atoms with E-state index in [0.29, 0.717) is 6.61 Å². The van der Waals surface area contributed by atoms with Crippen molar-refractivity contribution in [3.63, 3.8) is 0 Å². The van der Waals surface area contributed by atoms with E-state index in [1.807, 2.05) is 60.7 Å². The van der Waals surface area contributed by atoms with Gasteiger partial charge < -0.3 is 4.74 Å². The smallest absolute Gasteiger partial charge is 0.131 e. The van der Waals surface area contributed by atoms with Gasteiger partial charge in [0.1, 0.15) is 12.4 Å². The van der Waals surface area contributed by atoms with Crippen molar-refractivity contribution in [2.45, 2.75) is 97.5 Å². The van der Waals surface area contributed by atoms with Crippen LogP contribution in [0.2, 0.25) is 0 Å². The molecule has 0 aliphatic heterocycles. The summed E-state index contributed by atoms with van der Waals surface area (Å²) in [5.74, 6) is 0.943. The first-order chi connectivity index (χ1) is 21.7. The van der Waals surface area contributed by atoms with Gasteiger partial charge in [0.25, 0.3) is 0 Å². The van der Waals surface area contributed by atoms with E-state index in [-0.39, 0.29) is 0 Å². The first-order valence-electron chi connectivity index (χ1n) is 16.6. The molecule has 232 valence electrons. The van der Waals surface area contributed by atoms with Crippen molar-refractivity contribution in [1.29, 1.82) is 0 Å². The molecular weight excluding hydrogens is 542 g/mol. The SMILES string of the molecule is CCCCCCCc1cc(NO)c2ccccc2n1.CCCCCCCc1cc(OCc2ccccc2)c2ccccc2n1. The number of nitrogens with zero attached hydrogens (tertiary/aromatic N) is 2. The van der Waals surface area contributed by atoms with Gasteiger partial charge in [-0.2, -0.15) is 0 Å². The van der Waals surface area contributed by atoms with Gasteiger partial charge in [-0.25, -0.2) is 0 Å². The minimum atomic E-state index is 0.588. The van der Waals surface area contributed by atoms with E-state index in [1.165, 1.54) is 63.4 Å². The molecule has 3 aromatic carbocycles. The average Bonchev–Trinajstić information content (AvgIpc) is 3.07. The molecule has 0 amide bonds. The van der Waals surface area contributed by atoms with Gasteiger partial charge >= 0.3 is 0 Å². The van der Waals surface area contributed by atoms with Crippen molar-refractivity contribution in [3.05, 3.63) is 108 Å². The Morgan fingerprint density at radius 3 is 1.73 bits per heavy atom. The zero-order valence-corrected chi connectivity index (χ0v) is 26.6. The van der Waals surface area contributed by atoms with E-state index in [0.717, 1.165) is 63.9 Å². The molecule has 0 aliphatic rings. The maximum absolute atomic E-state index is 9.22. The number of pyridine rings is 2. The molecule has 2 heterocycles. The minimum absolute atomic E-state index is 0.588. The van der Waals surface area contributed by atoms with Crippen molar-refractivity contribution >= 4 is 27.5 Å². The maximum atomic E-state index is 9.22. The van der Waals surface area contributed by atoms with Gasteiger partial charge in [0.2, 0.25) is 0 Å². The van der Waals surface area contributed by atoms with Crippen LogP contribution >= 0.6 is 0 Å². The summed E-state index contributed by atoms with van der Waals surface area (Å²) in [6.07, 6.45) is 14.7. The number of hydrogen-bond acceptors (Lipinski definition) is 5. The highest BCUT2D eigenvalue weighted by molar-refractivity contribution is 5.91. The lowest BCUT2D eigenvalue weighted by Gasteiger charge is -2.12. The van der Waals surface area contributed by atoms with E-state index >= 15 is 0 Å². The Kier molecular flexibility index (Phi) is 14.0. The number of benzene rings is 3. The molecular formula is C39H49N3O2. The van der Waals surface area contributed by atoms with Crippen LogP contribution in [0.5, 0.6) is 5.75 Å². The number of aromatic nitrogens is 2. The van der Waals surface area contributed by atoms with Crippen LogP contribution in [0, 0.1) is 0 Å². The van der Waals surface area contributed by atoms with Crippen molar-refractivity contribution in [2.75, 3.05) is 5.48 Å². The van der Waals surface area contributed by atoms with Crippen molar-refractivity contribution in [3.8, 4) is 5.75 Å². The monoisotopic (exact) mass is 591 g/mol. The molecule has 5 heteroatoms. The summed E-state index contributed by atoms with van der Waals surface area (Å²) in [6.45, 7) is 5.07. The van der Waals surface area contributed by atoms with E-state index < -0.39 is 0 Å². The Balaban J connectivity index is 0.000000209. The molecule has 2 N–H and O–H groups in total. The average molecular weight is 592 g/mol. The van der Waals surface area contributed by atoms with E-state index in [9.17, 15) is 5.21 Å². The first kappa shape index (κ1) is 32.9. The van der Waals surface area contributed by atoms with Crippen molar-refractivity contribution in [2.24, 2.45) is 0 Å². The third kappa shape index (κ3) is 10.3. The van der Waals surface area contributed by atoms with Crippen LogP contribution in [-0.2, 0) is 19.4 Å². The zero-order valence-electron chi connectivity index (χ0n) is 26.6. The lowest BCUT2D eigenvalue weighted by Crippen LogP contribution is -1.99. The fourth-order valence-corrected chi connectivity index (χ4v) is 5.45. The van der Waals surface area contributed by atoms with Crippen LogP contribution in [0.4, 0.5) is 5.69 Å². The Hall–Kier alpha value is -3.96. The molecule has 0 fully saturated rings. The molecule has 0 atom stereocenters. The minimum Gasteiger partial charge on any atom is -0.488 e. The molecule has 0 aliphatic carbocycles. The standard InChI is InChI=1S/C23H27NO.C16H22N2O/c1-2-3-4-5-9-14-20-17-23(21-15-10-11-16-22(21)24-20)25-18-19-12-7-6-8-13-19;1-2-3-4-5-6-9-13-12-16(18-19)14-10-7-8-11-15(14)17-13/h6-8,10-13,15-17H,2-5,9,14,18H2,1H3;7-8,10-12,19H,2-6,9H2,1H3,(H,17,18). The van der Waals surface area contributed by atoms with Gasteiger partial charge in [-0.05, 0) is 55.5 Å². The summed E-state index contributed by atoms with van der Waals surface area (Å²) in [6, 6.07) is 30.5. The summed E-state index contributed by atoms with van der Waals surface area (Å²) < 4.78 is 6.15. The molecule has 0 spiro atoms. The highest BCUT2D eigenvalue weighted by atomic mass is 16.5. The highest BCUT2D eigenvalue weighted by Gasteiger charge is 2.08. The summed E-state index contributed by atoms with van der Waals surface area (Å²) >= 11 is 0. The fraction of sp³-hybridized carbons (Fsp3) is 0.385. The largest absolute Gasteiger partial charge is 0.488 e. The van der Waals surface area contributed by atoms with Crippen LogP contribution in [0.15, 0.2) is 91.0 Å². The Labute approximate surface area is 263 Å². The second kappa shape index (κ2) is 18.6. The van der Waals surface area contributed by atoms with E-state index in [2.05, 4.69) is 54.6 Å². The van der Waals surface area contributed by atoms with Gasteiger partial charge in [0.15, 0.2) is 0 Å². The predicted octanol–water partition coefficient (Wildman–Crippen LogP) is 10.9. The summed E-state index contributed by atoms with van der Waals surface area (Å²) in [5, 5.41) is 11.3. The van der Waals surface area contributed by atoms with Crippen LogP contribution in [0.1, 0.15) is 95.0 Å². The summed E-state index contributed by atoms with van der Waals surface area (Å²) in [5.41, 5.74) is 8.36. The number of aryl methyl sites for hydroxylation is 2. The van der Waals surface area contributed by atoms with Crippen molar-refractivity contribution in [1.82, 2.24) is 9.97 Å². The Bertz CT molecular complexity index is 1540. The molecule has 44 heavy (non-hydrogen) atoms. The first-order valence-corrected chi connectivity index (χ1v) is 16.6. The number of ether oxygens (including phenoxy) is 1. The summed E-state index contributed by atoms with van der Waals surface area (Å²) in [7, 11) is 0. The lowest BCUT2D eigenvalue weighted by molar-refractivity contribution is 0.309. The van der Waals surface area contributed by atoms with Gasteiger partial charge in [0.05, 0.1) is 16.7 Å². The van der Waals surface area contributed by atoms with Gasteiger partial charge in [-0.3, -0.25) is 20.7 Å². The topological polar surface area (TPSA) is 67.3 Å². The number of hydrogen-bond donors (Lipinski definition) is 2. The third-order valence-corrected chi connectivity index (χ3v) is 7.93. The zero-order chi connectivity index (χ0) is 30.8. The molecule has 0 unspecified atom stereocenters. The van der Waals surface area contributed by atoms with Crippen LogP contribution in [0.25, 0.3) is 21.8 Å². The number of anilines is 1. The normalized spacial score (nSPS) is 10.9. The van der Waals surface area contributed by atoms with Crippen LogP contribution in [0.3, 0.4) is 0 Å². The van der Waals surface area contributed by atoms with Gasteiger partial charge in [0, 0.05) is 28.2 Å². The number of para-hydroxylation sites is 2. The number of rotatable bonds is 16. The third-order valence-electron chi connectivity index (χ3n) is 7.93. The molecule has 5 rings (SSSR count). The second-order valence-electron chi connectivity index (χ2n) is 11.5. The van der Waals surface area contributed by atoms with E-state index in [4.69, 9.17) is 9.72 Å². The van der Waals surface area contributed by atoms with Gasteiger partial charge in [-0.1, -0.05) is 126 Å². The predicted molar refractivity (Wildman–Crippen MR) is 185 cm³/mol. The second-order valence-corrected chi connectivity index (χ2v) is 11.5. The highest BCUT2D eigenvalue weighted by Crippen LogP contribution is 2.27. The quantitative estimate of drug-likeness (QED) is 0.0882. The fourth-order valence-electron chi connectivity index (χ4n) is 5.45. The molecule has 2 aromatic heterocycles. The Morgan fingerprint density at radius 2 is 1.11 bits per heavy atom. The molecule has 0 bridgehead atoms. The molecule has 0 saturated carbocycles. The number of nitrogens with one attached hydrogen (secondary N) is 1. The maximum Gasteiger partial charge on any atom is 0.131 e. The summed E-state index contributed by atoms with van der Waals surface area (Å²) in [4.78, 5) is 9.48. The Morgan fingerprint density at radius 1 is 0.591 bits per heavy atom. The van der Waals surface area contributed by atoms with Crippen LogP contribution < -0.4 is 10.2 Å². The molecule has 5 aromatic rings. The number of unbranched alkanes of at least 4 members (excludes halogenated alkanes) is 8. The van der Waals surface area contributed by atoms with Gasteiger partial charge in [-0.15, -0.1) is 0 Å². The molecule has 5 nitrogen and oxygen atoms in total. The molecule has 0 radical (unpaired) electrons. The van der Waals surface area contributed by atoms with Crippen LogP contribution in [-0.4, -0.2) is 15.2 Å². The van der Waals surface area contributed by atoms with Crippen molar-refractivity contribution < 1.29 is 9.94 Å². The number of fused-ring (bicyclic) bond motifs is 2. The molecule has 0 saturated heterocycles. The van der Waals surface area contributed by atoms with E-state index in [1.54, 1.807) is 0 Å².